The van der Waals surface area contributed by atoms with Crippen LogP contribution in [0.15, 0.2) is 16.9 Å². The third-order valence-corrected chi connectivity index (χ3v) is 4.31. The molecule has 7 nitrogen and oxygen atoms in total. The molecular formula is C15H24N6O. The van der Waals surface area contributed by atoms with Crippen LogP contribution in [0.1, 0.15) is 23.7 Å². The van der Waals surface area contributed by atoms with E-state index in [2.05, 4.69) is 38.3 Å². The van der Waals surface area contributed by atoms with Crippen LogP contribution in [0.25, 0.3) is 0 Å². The molecule has 0 saturated carbocycles. The van der Waals surface area contributed by atoms with Crippen LogP contribution in [0.3, 0.4) is 0 Å². The maximum Gasteiger partial charge on any atom is 0.223 e. The average molecular weight is 304 g/mol. The number of hydrogen-bond donors (Lipinski definition) is 0. The Labute approximate surface area is 130 Å². The van der Waals surface area contributed by atoms with Crippen LogP contribution >= 0.6 is 0 Å². The fourth-order valence-corrected chi connectivity index (χ4v) is 3.02. The van der Waals surface area contributed by atoms with Crippen molar-refractivity contribution in [3.63, 3.8) is 0 Å². The summed E-state index contributed by atoms with van der Waals surface area (Å²) >= 11 is 0. The molecule has 1 fully saturated rings. The van der Waals surface area contributed by atoms with E-state index >= 15 is 0 Å². The molecule has 120 valence electrons. The number of aryl methyl sites for hydroxylation is 2. The van der Waals surface area contributed by atoms with E-state index in [1.807, 2.05) is 24.9 Å². The van der Waals surface area contributed by atoms with Gasteiger partial charge in [-0.15, -0.1) is 0 Å². The van der Waals surface area contributed by atoms with E-state index in [1.54, 1.807) is 0 Å². The average Bonchev–Trinajstić information content (AvgIpc) is 3.18. The van der Waals surface area contributed by atoms with Gasteiger partial charge in [0.15, 0.2) is 5.82 Å². The molecule has 0 spiro atoms. The molecule has 7 heteroatoms. The maximum absolute atomic E-state index is 5.03. The molecule has 0 amide bonds. The molecule has 22 heavy (non-hydrogen) atoms. The highest BCUT2D eigenvalue weighted by Crippen LogP contribution is 2.16. The topological polar surface area (TPSA) is 63.2 Å². The van der Waals surface area contributed by atoms with Gasteiger partial charge in [-0.3, -0.25) is 9.58 Å². The molecular weight excluding hydrogens is 280 g/mol. The number of likely N-dealkylation sites (N-methyl/N-ethyl adjacent to an activating group) is 1. The summed E-state index contributed by atoms with van der Waals surface area (Å²) in [7, 11) is 4.10. The molecule has 0 unspecified atom stereocenters. The molecule has 2 aromatic heterocycles. The molecule has 3 heterocycles. The second-order valence-corrected chi connectivity index (χ2v) is 6.16. The van der Waals surface area contributed by atoms with E-state index in [0.29, 0.717) is 11.9 Å². The minimum Gasteiger partial charge on any atom is -0.340 e. The monoisotopic (exact) mass is 304 g/mol. The van der Waals surface area contributed by atoms with E-state index in [1.165, 1.54) is 12.0 Å². The highest BCUT2D eigenvalue weighted by molar-refractivity contribution is 5.04. The fraction of sp³-hybridized carbons (Fsp3) is 0.667. The Morgan fingerprint density at radius 3 is 3.00 bits per heavy atom. The number of nitrogens with zero attached hydrogens (tertiary/aromatic N) is 6. The van der Waals surface area contributed by atoms with E-state index in [-0.39, 0.29) is 0 Å². The van der Waals surface area contributed by atoms with Gasteiger partial charge in [0, 0.05) is 39.3 Å². The van der Waals surface area contributed by atoms with Crippen molar-refractivity contribution in [1.82, 2.24) is 29.7 Å². The first-order chi connectivity index (χ1) is 10.6. The molecule has 1 saturated heterocycles. The number of rotatable bonds is 6. The standard InChI is InChI=1S/C15H24N6O/c1-12-17-15(18-22-12)11-19(2)14-5-7-21(10-14)6-4-13-8-16-20(3)9-13/h8-9,14H,4-7,10-11H2,1-3H3/t14-/m1/s1. The lowest BCUT2D eigenvalue weighted by atomic mass is 10.2. The molecule has 1 aliphatic rings. The normalized spacial score (nSPS) is 19.4. The van der Waals surface area contributed by atoms with Crippen molar-refractivity contribution in [2.45, 2.75) is 32.4 Å². The molecule has 0 aromatic carbocycles. The van der Waals surface area contributed by atoms with Gasteiger partial charge in [-0.05, 0) is 32.0 Å². The molecule has 0 N–H and O–H groups in total. The summed E-state index contributed by atoms with van der Waals surface area (Å²) in [6.07, 6.45) is 6.31. The van der Waals surface area contributed by atoms with Crippen LogP contribution in [-0.4, -0.2) is 62.4 Å². The molecule has 0 radical (unpaired) electrons. The first-order valence-corrected chi connectivity index (χ1v) is 7.79. The summed E-state index contributed by atoms with van der Waals surface area (Å²) < 4.78 is 6.90. The fourth-order valence-electron chi connectivity index (χ4n) is 3.02. The lowest BCUT2D eigenvalue weighted by molar-refractivity contribution is 0.218. The van der Waals surface area contributed by atoms with E-state index in [0.717, 1.165) is 38.4 Å². The largest absolute Gasteiger partial charge is 0.340 e. The molecule has 1 aliphatic heterocycles. The summed E-state index contributed by atoms with van der Waals surface area (Å²) in [6, 6.07) is 0.563. The van der Waals surface area contributed by atoms with Gasteiger partial charge in [0.2, 0.25) is 5.89 Å². The van der Waals surface area contributed by atoms with Crippen LogP contribution in [0.4, 0.5) is 0 Å². The predicted octanol–water partition coefficient (Wildman–Crippen LogP) is 0.860. The highest BCUT2D eigenvalue weighted by atomic mass is 16.5. The van der Waals surface area contributed by atoms with Crippen molar-refractivity contribution in [1.29, 1.82) is 0 Å². The lowest BCUT2D eigenvalue weighted by Crippen LogP contribution is -2.34. The smallest absolute Gasteiger partial charge is 0.223 e. The van der Waals surface area contributed by atoms with E-state index < -0.39 is 0 Å². The first kappa shape index (κ1) is 15.2. The summed E-state index contributed by atoms with van der Waals surface area (Å²) in [5.41, 5.74) is 1.31. The predicted molar refractivity (Wildman–Crippen MR) is 82.3 cm³/mol. The zero-order chi connectivity index (χ0) is 15.5. The van der Waals surface area contributed by atoms with Gasteiger partial charge in [0.1, 0.15) is 0 Å². The lowest BCUT2D eigenvalue weighted by Gasteiger charge is -2.23. The molecule has 1 atom stereocenters. The Morgan fingerprint density at radius 2 is 2.32 bits per heavy atom. The second kappa shape index (κ2) is 6.58. The van der Waals surface area contributed by atoms with Crippen LogP contribution in [-0.2, 0) is 20.0 Å². The summed E-state index contributed by atoms with van der Waals surface area (Å²) in [4.78, 5) is 9.13. The van der Waals surface area contributed by atoms with Gasteiger partial charge in [0.25, 0.3) is 0 Å². The third kappa shape index (κ3) is 3.72. The van der Waals surface area contributed by atoms with Gasteiger partial charge in [0.05, 0.1) is 12.7 Å². The van der Waals surface area contributed by atoms with Crippen molar-refractivity contribution >= 4 is 0 Å². The van der Waals surface area contributed by atoms with Gasteiger partial charge in [-0.1, -0.05) is 5.16 Å². The van der Waals surface area contributed by atoms with Crippen LogP contribution in [0.2, 0.25) is 0 Å². The number of hydrogen-bond acceptors (Lipinski definition) is 6. The third-order valence-electron chi connectivity index (χ3n) is 4.31. The van der Waals surface area contributed by atoms with E-state index in [4.69, 9.17) is 4.52 Å². The zero-order valence-electron chi connectivity index (χ0n) is 13.6. The minimum atomic E-state index is 0.563. The molecule has 2 aromatic rings. The minimum absolute atomic E-state index is 0.563. The van der Waals surface area contributed by atoms with Crippen LogP contribution < -0.4 is 0 Å². The molecule has 0 aliphatic carbocycles. The quantitative estimate of drug-likeness (QED) is 0.789. The first-order valence-electron chi connectivity index (χ1n) is 7.79. The molecule has 3 rings (SSSR count). The number of likely N-dealkylation sites (tertiary alicyclic amines) is 1. The highest BCUT2D eigenvalue weighted by Gasteiger charge is 2.26. The van der Waals surface area contributed by atoms with Gasteiger partial charge in [-0.2, -0.15) is 10.1 Å². The summed E-state index contributed by atoms with van der Waals surface area (Å²) in [5.74, 6) is 1.40. The van der Waals surface area contributed by atoms with Gasteiger partial charge in [-0.25, -0.2) is 0 Å². The summed E-state index contributed by atoms with van der Waals surface area (Å²) in [5, 5.41) is 8.19. The Kier molecular flexibility index (Phi) is 4.54. The van der Waals surface area contributed by atoms with Crippen molar-refractivity contribution in [2.24, 2.45) is 7.05 Å². The Bertz CT molecular complexity index is 607. The SMILES string of the molecule is Cc1nc(CN(C)[C@@H]2CCN(CCc3cnn(C)c3)C2)no1. The van der Waals surface area contributed by atoms with Gasteiger partial charge < -0.3 is 9.42 Å². The summed E-state index contributed by atoms with van der Waals surface area (Å²) in [6.45, 7) is 5.93. The van der Waals surface area contributed by atoms with Crippen molar-refractivity contribution < 1.29 is 4.52 Å². The Hall–Kier alpha value is -1.73. The number of aromatic nitrogens is 4. The van der Waals surface area contributed by atoms with Crippen molar-refractivity contribution in [3.05, 3.63) is 29.7 Å². The van der Waals surface area contributed by atoms with Gasteiger partial charge >= 0.3 is 0 Å². The van der Waals surface area contributed by atoms with Crippen molar-refractivity contribution in [2.75, 3.05) is 26.7 Å². The second-order valence-electron chi connectivity index (χ2n) is 6.16. The maximum atomic E-state index is 5.03. The Morgan fingerprint density at radius 1 is 1.45 bits per heavy atom. The van der Waals surface area contributed by atoms with Crippen LogP contribution in [0.5, 0.6) is 0 Å². The van der Waals surface area contributed by atoms with Crippen LogP contribution in [0, 0.1) is 6.92 Å². The van der Waals surface area contributed by atoms with Crippen molar-refractivity contribution in [3.8, 4) is 0 Å². The molecule has 0 bridgehead atoms. The Balaban J connectivity index is 1.45. The zero-order valence-corrected chi connectivity index (χ0v) is 13.6. The van der Waals surface area contributed by atoms with E-state index in [9.17, 15) is 0 Å².